The molecule has 0 bridgehead atoms. The van der Waals surface area contributed by atoms with E-state index >= 15 is 0 Å². The van der Waals surface area contributed by atoms with Gasteiger partial charge in [0.1, 0.15) is 5.82 Å². The summed E-state index contributed by atoms with van der Waals surface area (Å²) in [6.45, 7) is 5.48. The largest absolute Gasteiger partial charge is 0.344 e. The molecule has 0 aromatic carbocycles. The fourth-order valence-electron chi connectivity index (χ4n) is 1.03. The molecule has 0 saturated carbocycles. The van der Waals surface area contributed by atoms with E-state index < -0.39 is 11.8 Å². The summed E-state index contributed by atoms with van der Waals surface area (Å²) in [6, 6.07) is 3.55. The fourth-order valence-corrected chi connectivity index (χ4v) is 1.03. The number of anilines is 1. The van der Waals surface area contributed by atoms with Gasteiger partial charge in [-0.3, -0.25) is 9.59 Å². The van der Waals surface area contributed by atoms with Crippen LogP contribution in [-0.4, -0.2) is 23.3 Å². The van der Waals surface area contributed by atoms with E-state index in [-0.39, 0.29) is 6.54 Å². The Bertz CT molecular complexity index is 415. The monoisotopic (exact) mass is 219 g/mol. The summed E-state index contributed by atoms with van der Waals surface area (Å²) in [5.41, 5.74) is 0.798. The molecule has 0 aliphatic carbocycles. The molecule has 5 heteroatoms. The van der Waals surface area contributed by atoms with Gasteiger partial charge < -0.3 is 10.6 Å². The summed E-state index contributed by atoms with van der Waals surface area (Å²) in [4.78, 5) is 26.5. The summed E-state index contributed by atoms with van der Waals surface area (Å²) < 4.78 is 0. The number of carbonyl (C=O) groups excluding carboxylic acids is 2. The van der Waals surface area contributed by atoms with Crippen molar-refractivity contribution >= 4 is 17.6 Å². The van der Waals surface area contributed by atoms with Gasteiger partial charge in [0.15, 0.2) is 0 Å². The van der Waals surface area contributed by atoms with Gasteiger partial charge in [-0.05, 0) is 18.6 Å². The summed E-state index contributed by atoms with van der Waals surface area (Å²) in [5.74, 6) is -1.05. The highest BCUT2D eigenvalue weighted by atomic mass is 16.2. The predicted molar refractivity (Wildman–Crippen MR) is 60.8 cm³/mol. The van der Waals surface area contributed by atoms with Gasteiger partial charge in [0, 0.05) is 12.7 Å². The average Bonchev–Trinajstić information content (AvgIpc) is 2.28. The first kappa shape index (κ1) is 11.9. The van der Waals surface area contributed by atoms with Crippen molar-refractivity contribution in [1.29, 1.82) is 0 Å². The maximum atomic E-state index is 11.4. The summed E-state index contributed by atoms with van der Waals surface area (Å²) in [5, 5.41) is 4.80. The zero-order valence-electron chi connectivity index (χ0n) is 8.99. The van der Waals surface area contributed by atoms with Crippen LogP contribution in [0.2, 0.25) is 0 Å². The zero-order valence-corrected chi connectivity index (χ0v) is 8.99. The highest BCUT2D eigenvalue weighted by Gasteiger charge is 2.13. The van der Waals surface area contributed by atoms with E-state index in [2.05, 4.69) is 22.2 Å². The minimum Gasteiger partial charge on any atom is -0.344 e. The van der Waals surface area contributed by atoms with Gasteiger partial charge >= 0.3 is 11.8 Å². The Morgan fingerprint density at radius 1 is 1.50 bits per heavy atom. The van der Waals surface area contributed by atoms with Crippen LogP contribution in [0.3, 0.4) is 0 Å². The highest BCUT2D eigenvalue weighted by molar-refractivity contribution is 6.39. The molecule has 0 saturated heterocycles. The predicted octanol–water partition coefficient (Wildman–Crippen LogP) is 0.631. The molecular formula is C11H13N3O2. The Labute approximate surface area is 93.6 Å². The van der Waals surface area contributed by atoms with Crippen molar-refractivity contribution in [3.63, 3.8) is 0 Å². The molecule has 0 atom stereocenters. The van der Waals surface area contributed by atoms with Crippen LogP contribution in [0.1, 0.15) is 5.56 Å². The number of hydrogen-bond acceptors (Lipinski definition) is 3. The number of nitrogens with zero attached hydrogens (tertiary/aromatic N) is 1. The van der Waals surface area contributed by atoms with Crippen molar-refractivity contribution in [3.05, 3.63) is 36.5 Å². The van der Waals surface area contributed by atoms with Gasteiger partial charge in [-0.2, -0.15) is 0 Å². The molecule has 84 valence electrons. The first-order chi connectivity index (χ1) is 7.65. The third kappa shape index (κ3) is 3.20. The molecule has 1 rings (SSSR count). The Hall–Kier alpha value is -2.17. The zero-order chi connectivity index (χ0) is 12.0. The minimum atomic E-state index is -0.733. The van der Waals surface area contributed by atoms with Crippen molar-refractivity contribution in [2.24, 2.45) is 0 Å². The van der Waals surface area contributed by atoms with Crippen LogP contribution in [0.15, 0.2) is 31.0 Å². The number of pyridine rings is 1. The molecule has 0 aliphatic heterocycles. The SMILES string of the molecule is C=CCNC(=O)C(=O)Nc1ncccc1C. The molecule has 2 amide bonds. The van der Waals surface area contributed by atoms with Crippen molar-refractivity contribution in [2.75, 3.05) is 11.9 Å². The standard InChI is InChI=1S/C11H13N3O2/c1-3-6-13-10(15)11(16)14-9-8(2)5-4-7-12-9/h3-5,7H,1,6H2,2H3,(H,13,15)(H,12,14,16). The number of aromatic nitrogens is 1. The van der Waals surface area contributed by atoms with Crippen molar-refractivity contribution in [3.8, 4) is 0 Å². The number of hydrogen-bond donors (Lipinski definition) is 2. The van der Waals surface area contributed by atoms with Crippen molar-refractivity contribution < 1.29 is 9.59 Å². The van der Waals surface area contributed by atoms with Gasteiger partial charge in [0.2, 0.25) is 0 Å². The molecular weight excluding hydrogens is 206 g/mol. The van der Waals surface area contributed by atoms with E-state index in [0.717, 1.165) is 5.56 Å². The third-order valence-electron chi connectivity index (χ3n) is 1.85. The minimum absolute atomic E-state index is 0.257. The second kappa shape index (κ2) is 5.65. The number of nitrogens with one attached hydrogen (secondary N) is 2. The number of carbonyl (C=O) groups is 2. The Morgan fingerprint density at radius 2 is 2.25 bits per heavy atom. The normalized spacial score (nSPS) is 9.31. The summed E-state index contributed by atoms with van der Waals surface area (Å²) in [6.07, 6.45) is 3.04. The van der Waals surface area contributed by atoms with E-state index in [9.17, 15) is 9.59 Å². The lowest BCUT2D eigenvalue weighted by atomic mass is 10.3. The summed E-state index contributed by atoms with van der Waals surface area (Å²) in [7, 11) is 0. The van der Waals surface area contributed by atoms with Crippen LogP contribution in [0.25, 0.3) is 0 Å². The quantitative estimate of drug-likeness (QED) is 0.578. The molecule has 1 aromatic heterocycles. The molecule has 0 radical (unpaired) electrons. The summed E-state index contributed by atoms with van der Waals surface area (Å²) >= 11 is 0. The lowest BCUT2D eigenvalue weighted by Crippen LogP contribution is -2.35. The first-order valence-corrected chi connectivity index (χ1v) is 4.77. The van der Waals surface area contributed by atoms with Gasteiger partial charge in [0.05, 0.1) is 0 Å². The molecule has 2 N–H and O–H groups in total. The molecule has 0 spiro atoms. The van der Waals surface area contributed by atoms with Crippen LogP contribution in [-0.2, 0) is 9.59 Å². The van der Waals surface area contributed by atoms with Gasteiger partial charge in [-0.25, -0.2) is 4.98 Å². The average molecular weight is 219 g/mol. The smallest absolute Gasteiger partial charge is 0.314 e. The molecule has 5 nitrogen and oxygen atoms in total. The maximum absolute atomic E-state index is 11.4. The van der Waals surface area contributed by atoms with E-state index in [1.165, 1.54) is 6.08 Å². The molecule has 0 fully saturated rings. The van der Waals surface area contributed by atoms with Crippen LogP contribution < -0.4 is 10.6 Å². The Morgan fingerprint density at radius 3 is 2.88 bits per heavy atom. The van der Waals surface area contributed by atoms with E-state index in [1.807, 2.05) is 0 Å². The topological polar surface area (TPSA) is 71.1 Å². The van der Waals surface area contributed by atoms with Crippen molar-refractivity contribution in [1.82, 2.24) is 10.3 Å². The second-order valence-corrected chi connectivity index (χ2v) is 3.12. The Balaban J connectivity index is 2.61. The third-order valence-corrected chi connectivity index (χ3v) is 1.85. The van der Waals surface area contributed by atoms with E-state index in [4.69, 9.17) is 0 Å². The van der Waals surface area contributed by atoms with Crippen LogP contribution >= 0.6 is 0 Å². The number of aryl methyl sites for hydroxylation is 1. The lowest BCUT2D eigenvalue weighted by Gasteiger charge is -2.06. The fraction of sp³-hybridized carbons (Fsp3) is 0.182. The molecule has 16 heavy (non-hydrogen) atoms. The Kier molecular flexibility index (Phi) is 4.20. The van der Waals surface area contributed by atoms with E-state index in [1.54, 1.807) is 25.3 Å². The molecule has 1 heterocycles. The van der Waals surface area contributed by atoms with Gasteiger partial charge in [-0.15, -0.1) is 6.58 Å². The molecule has 1 aromatic rings. The van der Waals surface area contributed by atoms with Crippen molar-refractivity contribution in [2.45, 2.75) is 6.92 Å². The van der Waals surface area contributed by atoms with E-state index in [0.29, 0.717) is 5.82 Å². The second-order valence-electron chi connectivity index (χ2n) is 3.12. The number of rotatable bonds is 3. The maximum Gasteiger partial charge on any atom is 0.314 e. The van der Waals surface area contributed by atoms with Crippen LogP contribution in [0.4, 0.5) is 5.82 Å². The van der Waals surface area contributed by atoms with Gasteiger partial charge in [-0.1, -0.05) is 12.1 Å². The first-order valence-electron chi connectivity index (χ1n) is 4.77. The number of amides is 2. The molecule has 0 aliphatic rings. The molecule has 0 unspecified atom stereocenters. The van der Waals surface area contributed by atoms with Crippen LogP contribution in [0.5, 0.6) is 0 Å². The van der Waals surface area contributed by atoms with Crippen LogP contribution in [0, 0.1) is 6.92 Å². The lowest BCUT2D eigenvalue weighted by molar-refractivity contribution is -0.136. The van der Waals surface area contributed by atoms with Gasteiger partial charge in [0.25, 0.3) is 0 Å². The highest BCUT2D eigenvalue weighted by Crippen LogP contribution is 2.08.